The van der Waals surface area contributed by atoms with E-state index >= 15 is 0 Å². The zero-order chi connectivity index (χ0) is 13.5. The minimum atomic E-state index is -0.381. The number of hydrogen-bond acceptors (Lipinski definition) is 2. The van der Waals surface area contributed by atoms with Crippen molar-refractivity contribution in [2.45, 2.75) is 32.2 Å². The van der Waals surface area contributed by atoms with Crippen LogP contribution in [0.2, 0.25) is 0 Å². The van der Waals surface area contributed by atoms with Crippen molar-refractivity contribution in [1.82, 2.24) is 0 Å². The summed E-state index contributed by atoms with van der Waals surface area (Å²) >= 11 is 0. The molecule has 0 spiro atoms. The molecule has 102 valence electrons. The van der Waals surface area contributed by atoms with Crippen molar-refractivity contribution in [3.8, 4) is 0 Å². The Bertz CT molecular complexity index is 623. The lowest BCUT2D eigenvalue weighted by Crippen LogP contribution is -2.13. The van der Waals surface area contributed by atoms with Crippen molar-refractivity contribution in [2.75, 3.05) is 0 Å². The van der Waals surface area contributed by atoms with E-state index in [4.69, 9.17) is 4.74 Å². The van der Waals surface area contributed by atoms with E-state index < -0.39 is 0 Å². The molecular weight excluding hydrogens is 248 g/mol. The van der Waals surface area contributed by atoms with Gasteiger partial charge in [0.05, 0.1) is 19.3 Å². The standard InChI is InChI=1S/C18H18O2/c19-18(14-5-6-15-10-20-11-17(15)9-14)16-7-12-3-1-2-4-13(12)8-16/h1-6,9,16,18-19H,7-8,10-11H2. The normalized spacial score (nSPS) is 18.9. The summed E-state index contributed by atoms with van der Waals surface area (Å²) < 4.78 is 5.44. The molecule has 1 N–H and O–H groups in total. The van der Waals surface area contributed by atoms with E-state index in [0.29, 0.717) is 19.1 Å². The molecule has 0 fully saturated rings. The summed E-state index contributed by atoms with van der Waals surface area (Å²) in [5.41, 5.74) is 6.31. The summed E-state index contributed by atoms with van der Waals surface area (Å²) in [5, 5.41) is 10.7. The molecule has 0 saturated heterocycles. The minimum absolute atomic E-state index is 0.299. The summed E-state index contributed by atoms with van der Waals surface area (Å²) in [5.74, 6) is 0.299. The Morgan fingerprint density at radius 1 is 0.900 bits per heavy atom. The lowest BCUT2D eigenvalue weighted by molar-refractivity contribution is 0.113. The van der Waals surface area contributed by atoms with Crippen LogP contribution in [0.5, 0.6) is 0 Å². The Hall–Kier alpha value is -1.64. The van der Waals surface area contributed by atoms with Crippen molar-refractivity contribution in [3.63, 3.8) is 0 Å². The first kappa shape index (κ1) is 12.1. The second-order valence-corrected chi connectivity index (χ2v) is 5.90. The molecule has 0 saturated carbocycles. The number of hydrogen-bond donors (Lipinski definition) is 1. The number of aliphatic hydroxyl groups excluding tert-OH is 1. The third kappa shape index (κ3) is 1.96. The molecule has 0 bridgehead atoms. The number of benzene rings is 2. The van der Waals surface area contributed by atoms with E-state index in [0.717, 1.165) is 18.4 Å². The van der Waals surface area contributed by atoms with Crippen LogP contribution in [0.15, 0.2) is 42.5 Å². The Kier molecular flexibility index (Phi) is 2.86. The van der Waals surface area contributed by atoms with Crippen molar-refractivity contribution < 1.29 is 9.84 Å². The van der Waals surface area contributed by atoms with E-state index in [1.54, 1.807) is 0 Å². The Morgan fingerprint density at radius 2 is 1.60 bits per heavy atom. The molecule has 0 radical (unpaired) electrons. The first-order chi connectivity index (χ1) is 9.81. The number of aliphatic hydroxyl groups is 1. The molecule has 0 aromatic heterocycles. The molecule has 1 unspecified atom stereocenters. The SMILES string of the molecule is OC(c1ccc2c(c1)COC2)C1Cc2ccccc2C1. The van der Waals surface area contributed by atoms with Crippen molar-refractivity contribution in [1.29, 1.82) is 0 Å². The number of ether oxygens (including phenoxy) is 1. The van der Waals surface area contributed by atoms with Gasteiger partial charge in [-0.2, -0.15) is 0 Å². The second kappa shape index (κ2) is 4.72. The predicted octanol–water partition coefficient (Wildman–Crippen LogP) is 3.17. The third-order valence-electron chi connectivity index (χ3n) is 4.62. The fraction of sp³-hybridized carbons (Fsp3) is 0.333. The zero-order valence-corrected chi connectivity index (χ0v) is 11.4. The first-order valence-electron chi connectivity index (χ1n) is 7.25. The number of fused-ring (bicyclic) bond motifs is 2. The average Bonchev–Trinajstić information content (AvgIpc) is 3.11. The molecule has 0 amide bonds. The van der Waals surface area contributed by atoms with Crippen LogP contribution in [0.25, 0.3) is 0 Å². The molecule has 1 heterocycles. The van der Waals surface area contributed by atoms with Gasteiger partial charge in [0.2, 0.25) is 0 Å². The van der Waals surface area contributed by atoms with Gasteiger partial charge in [-0.25, -0.2) is 0 Å². The molecule has 1 aliphatic carbocycles. The van der Waals surface area contributed by atoms with Crippen molar-refractivity contribution in [2.24, 2.45) is 5.92 Å². The molecule has 2 aliphatic rings. The zero-order valence-electron chi connectivity index (χ0n) is 11.4. The minimum Gasteiger partial charge on any atom is -0.388 e. The van der Waals surface area contributed by atoms with Crippen LogP contribution in [0.3, 0.4) is 0 Å². The van der Waals surface area contributed by atoms with Gasteiger partial charge in [-0.3, -0.25) is 0 Å². The summed E-state index contributed by atoms with van der Waals surface area (Å²) in [4.78, 5) is 0. The van der Waals surface area contributed by atoms with Gasteiger partial charge in [0.25, 0.3) is 0 Å². The maximum absolute atomic E-state index is 10.7. The van der Waals surface area contributed by atoms with Crippen LogP contribution < -0.4 is 0 Å². The monoisotopic (exact) mass is 266 g/mol. The lowest BCUT2D eigenvalue weighted by atomic mass is 9.91. The topological polar surface area (TPSA) is 29.5 Å². The molecule has 1 aliphatic heterocycles. The maximum atomic E-state index is 10.7. The second-order valence-electron chi connectivity index (χ2n) is 5.90. The van der Waals surface area contributed by atoms with Crippen LogP contribution in [-0.2, 0) is 30.8 Å². The van der Waals surface area contributed by atoms with Crippen LogP contribution in [0.1, 0.15) is 33.9 Å². The summed E-state index contributed by atoms with van der Waals surface area (Å²) in [6.07, 6.45) is 1.57. The molecular formula is C18H18O2. The Balaban J connectivity index is 1.58. The molecule has 2 aromatic rings. The fourth-order valence-electron chi connectivity index (χ4n) is 3.46. The van der Waals surface area contributed by atoms with Crippen molar-refractivity contribution in [3.05, 3.63) is 70.3 Å². The Morgan fingerprint density at radius 3 is 2.35 bits per heavy atom. The molecule has 1 atom stereocenters. The van der Waals surface area contributed by atoms with Gasteiger partial charge < -0.3 is 9.84 Å². The van der Waals surface area contributed by atoms with Gasteiger partial charge in [0.15, 0.2) is 0 Å². The van der Waals surface area contributed by atoms with Crippen LogP contribution in [-0.4, -0.2) is 5.11 Å². The van der Waals surface area contributed by atoms with E-state index in [1.807, 2.05) is 0 Å². The van der Waals surface area contributed by atoms with Gasteiger partial charge in [0.1, 0.15) is 0 Å². The van der Waals surface area contributed by atoms with Gasteiger partial charge >= 0.3 is 0 Å². The van der Waals surface area contributed by atoms with E-state index in [1.165, 1.54) is 22.3 Å². The van der Waals surface area contributed by atoms with Crippen molar-refractivity contribution >= 4 is 0 Å². The summed E-state index contributed by atoms with van der Waals surface area (Å²) in [7, 11) is 0. The molecule has 2 aromatic carbocycles. The Labute approximate surface area is 119 Å². The molecule has 2 heteroatoms. The maximum Gasteiger partial charge on any atom is 0.0824 e. The smallest absolute Gasteiger partial charge is 0.0824 e. The summed E-state index contributed by atoms with van der Waals surface area (Å²) in [6, 6.07) is 14.8. The van der Waals surface area contributed by atoms with Crippen LogP contribution in [0, 0.1) is 5.92 Å². The first-order valence-corrected chi connectivity index (χ1v) is 7.25. The van der Waals surface area contributed by atoms with Crippen LogP contribution >= 0.6 is 0 Å². The highest BCUT2D eigenvalue weighted by Crippen LogP contribution is 2.36. The van der Waals surface area contributed by atoms with Gasteiger partial charge in [-0.15, -0.1) is 0 Å². The molecule has 20 heavy (non-hydrogen) atoms. The largest absolute Gasteiger partial charge is 0.388 e. The lowest BCUT2D eigenvalue weighted by Gasteiger charge is -2.18. The molecule has 4 rings (SSSR count). The third-order valence-corrected chi connectivity index (χ3v) is 4.62. The van der Waals surface area contributed by atoms with E-state index in [-0.39, 0.29) is 6.10 Å². The van der Waals surface area contributed by atoms with Crippen LogP contribution in [0.4, 0.5) is 0 Å². The van der Waals surface area contributed by atoms with E-state index in [2.05, 4.69) is 42.5 Å². The highest BCUT2D eigenvalue weighted by molar-refractivity contribution is 5.37. The molecule has 2 nitrogen and oxygen atoms in total. The van der Waals surface area contributed by atoms with Gasteiger partial charge in [0, 0.05) is 0 Å². The van der Waals surface area contributed by atoms with E-state index in [9.17, 15) is 5.11 Å². The quantitative estimate of drug-likeness (QED) is 0.904. The number of rotatable bonds is 2. The van der Waals surface area contributed by atoms with Gasteiger partial charge in [-0.1, -0.05) is 42.5 Å². The fourth-order valence-corrected chi connectivity index (χ4v) is 3.46. The van der Waals surface area contributed by atoms with Gasteiger partial charge in [-0.05, 0) is 46.6 Å². The highest BCUT2D eigenvalue weighted by atomic mass is 16.5. The average molecular weight is 266 g/mol. The summed E-state index contributed by atoms with van der Waals surface area (Å²) in [6.45, 7) is 1.39. The highest BCUT2D eigenvalue weighted by Gasteiger charge is 2.28. The predicted molar refractivity (Wildman–Crippen MR) is 77.2 cm³/mol.